The number of methoxy groups -OCH3 is 1. The fraction of sp³-hybridized carbons (Fsp3) is 0.667. The van der Waals surface area contributed by atoms with E-state index in [2.05, 4.69) is 12.2 Å². The summed E-state index contributed by atoms with van der Waals surface area (Å²) in [6.45, 7) is 9.26. The Morgan fingerprint density at radius 1 is 1.24 bits per heavy atom. The van der Waals surface area contributed by atoms with Crippen LogP contribution in [-0.4, -0.2) is 59.3 Å². The summed E-state index contributed by atoms with van der Waals surface area (Å²) in [6.07, 6.45) is 3.37. The van der Waals surface area contributed by atoms with Crippen LogP contribution in [0, 0.1) is 5.92 Å². The van der Waals surface area contributed by atoms with Crippen molar-refractivity contribution in [1.29, 1.82) is 0 Å². The number of likely N-dealkylation sites (tertiary alicyclic amines) is 1. The molecule has 0 bridgehead atoms. The molecule has 0 aliphatic carbocycles. The molecule has 1 fully saturated rings. The number of nitrogens with zero attached hydrogens (tertiary/aromatic N) is 2. The molecule has 0 saturated carbocycles. The molecule has 1 aliphatic rings. The van der Waals surface area contributed by atoms with Crippen molar-refractivity contribution in [2.75, 3.05) is 20.2 Å². The van der Waals surface area contributed by atoms with Gasteiger partial charge < -0.3 is 24.3 Å². The maximum absolute atomic E-state index is 13.1. The summed E-state index contributed by atoms with van der Waals surface area (Å²) in [6, 6.07) is 2.68. The zero-order valence-corrected chi connectivity index (χ0v) is 18.1. The van der Waals surface area contributed by atoms with Crippen LogP contribution in [0.3, 0.4) is 0 Å². The number of alkyl carbamates (subject to hydrolysis) is 1. The Morgan fingerprint density at radius 2 is 1.90 bits per heavy atom. The Balaban J connectivity index is 2.09. The summed E-state index contributed by atoms with van der Waals surface area (Å²) in [5.41, 5.74) is -0.251. The minimum atomic E-state index is -0.730. The van der Waals surface area contributed by atoms with Gasteiger partial charge in [-0.05, 0) is 58.1 Å². The third kappa shape index (κ3) is 6.80. The Morgan fingerprint density at radius 3 is 2.48 bits per heavy atom. The zero-order valence-electron chi connectivity index (χ0n) is 18.1. The lowest BCUT2D eigenvalue weighted by Crippen LogP contribution is -2.51. The van der Waals surface area contributed by atoms with Gasteiger partial charge >= 0.3 is 12.1 Å². The fourth-order valence-electron chi connectivity index (χ4n) is 3.32. The van der Waals surface area contributed by atoms with Gasteiger partial charge in [0.25, 0.3) is 0 Å². The summed E-state index contributed by atoms with van der Waals surface area (Å²) in [7, 11) is 1.33. The van der Waals surface area contributed by atoms with Gasteiger partial charge in [0, 0.05) is 25.8 Å². The quantitative estimate of drug-likeness (QED) is 0.733. The van der Waals surface area contributed by atoms with Crippen molar-refractivity contribution < 1.29 is 23.9 Å². The molecule has 2 heterocycles. The molecule has 8 heteroatoms. The minimum Gasteiger partial charge on any atom is -0.464 e. The summed E-state index contributed by atoms with van der Waals surface area (Å²) < 4.78 is 11.9. The molecule has 1 saturated heterocycles. The van der Waals surface area contributed by atoms with E-state index >= 15 is 0 Å². The molecule has 2 amide bonds. The molecular weight excluding hydrogens is 374 g/mol. The van der Waals surface area contributed by atoms with Gasteiger partial charge in [-0.3, -0.25) is 4.79 Å². The number of rotatable bonds is 6. The predicted octanol–water partition coefficient (Wildman–Crippen LogP) is 2.82. The van der Waals surface area contributed by atoms with Crippen LogP contribution in [0.25, 0.3) is 0 Å². The molecule has 0 radical (unpaired) electrons. The highest BCUT2D eigenvalue weighted by atomic mass is 16.6. The van der Waals surface area contributed by atoms with E-state index in [0.717, 1.165) is 12.8 Å². The first-order valence-electron chi connectivity index (χ1n) is 10.1. The van der Waals surface area contributed by atoms with Crippen LogP contribution in [0.1, 0.15) is 57.4 Å². The number of aromatic nitrogens is 1. The molecule has 1 unspecified atom stereocenters. The van der Waals surface area contributed by atoms with Crippen molar-refractivity contribution in [2.24, 2.45) is 5.92 Å². The Kier molecular flexibility index (Phi) is 7.70. The second-order valence-corrected chi connectivity index (χ2v) is 8.57. The molecule has 1 atom stereocenters. The van der Waals surface area contributed by atoms with Crippen LogP contribution in [0.4, 0.5) is 4.79 Å². The van der Waals surface area contributed by atoms with Crippen molar-refractivity contribution in [1.82, 2.24) is 14.8 Å². The first-order valence-corrected chi connectivity index (χ1v) is 10.1. The number of carbonyl (C=O) groups is 3. The number of carbonyl (C=O) groups excluding carboxylic acids is 3. The van der Waals surface area contributed by atoms with Gasteiger partial charge in [0.15, 0.2) is 0 Å². The highest BCUT2D eigenvalue weighted by Gasteiger charge is 2.30. The molecule has 1 aliphatic heterocycles. The standard InChI is InChI=1S/C21H33N3O5/c1-15-8-12-24(13-9-15)18(25)16(22-20(27)29-21(2,3)4)10-14-23-11-6-7-17(23)19(26)28-5/h6-7,11,15-16H,8-10,12-14H2,1-5H3,(H,22,27). The molecule has 8 nitrogen and oxygen atoms in total. The fourth-order valence-corrected chi connectivity index (χ4v) is 3.32. The Hall–Kier alpha value is -2.51. The van der Waals surface area contributed by atoms with Crippen LogP contribution in [-0.2, 0) is 20.8 Å². The number of piperidine rings is 1. The molecule has 29 heavy (non-hydrogen) atoms. The number of hydrogen-bond acceptors (Lipinski definition) is 5. The lowest BCUT2D eigenvalue weighted by Gasteiger charge is -2.33. The SMILES string of the molecule is COC(=O)c1cccn1CCC(NC(=O)OC(C)(C)C)C(=O)N1CCC(C)CC1. The maximum Gasteiger partial charge on any atom is 0.408 e. The smallest absolute Gasteiger partial charge is 0.408 e. The van der Waals surface area contributed by atoms with Crippen LogP contribution in [0.15, 0.2) is 18.3 Å². The summed E-state index contributed by atoms with van der Waals surface area (Å²) in [5, 5.41) is 2.73. The number of aryl methyl sites for hydroxylation is 1. The van der Waals surface area contributed by atoms with Gasteiger partial charge in [0.2, 0.25) is 5.91 Å². The van der Waals surface area contributed by atoms with Gasteiger partial charge in [-0.2, -0.15) is 0 Å². The molecular formula is C21H33N3O5. The van der Waals surface area contributed by atoms with E-state index in [-0.39, 0.29) is 5.91 Å². The summed E-state index contributed by atoms with van der Waals surface area (Å²) >= 11 is 0. The molecule has 1 aromatic heterocycles. The second kappa shape index (κ2) is 9.80. The first kappa shape index (κ1) is 22.8. The largest absolute Gasteiger partial charge is 0.464 e. The topological polar surface area (TPSA) is 89.9 Å². The van der Waals surface area contributed by atoms with Crippen molar-refractivity contribution in [3.8, 4) is 0 Å². The first-order chi connectivity index (χ1) is 13.6. The average Bonchev–Trinajstić information content (AvgIpc) is 3.11. The molecule has 1 aromatic rings. The Labute approximate surface area is 172 Å². The van der Waals surface area contributed by atoms with Crippen molar-refractivity contribution in [3.63, 3.8) is 0 Å². The van der Waals surface area contributed by atoms with Gasteiger partial charge in [-0.1, -0.05) is 6.92 Å². The molecule has 2 rings (SSSR count). The zero-order chi connectivity index (χ0) is 21.6. The lowest BCUT2D eigenvalue weighted by atomic mass is 9.98. The molecule has 162 valence electrons. The number of hydrogen-bond donors (Lipinski definition) is 1. The van der Waals surface area contributed by atoms with Gasteiger partial charge in [0.05, 0.1) is 7.11 Å². The highest BCUT2D eigenvalue weighted by Crippen LogP contribution is 2.18. The van der Waals surface area contributed by atoms with E-state index in [1.807, 2.05) is 0 Å². The Bertz CT molecular complexity index is 714. The normalized spacial score (nSPS) is 16.2. The molecule has 1 N–H and O–H groups in total. The predicted molar refractivity (Wildman–Crippen MR) is 109 cm³/mol. The minimum absolute atomic E-state index is 0.116. The molecule has 0 spiro atoms. The number of amides is 2. The van der Waals surface area contributed by atoms with Gasteiger partial charge in [-0.25, -0.2) is 9.59 Å². The monoisotopic (exact) mass is 407 g/mol. The van der Waals surface area contributed by atoms with Gasteiger partial charge in [0.1, 0.15) is 17.3 Å². The third-order valence-corrected chi connectivity index (χ3v) is 4.97. The second-order valence-electron chi connectivity index (χ2n) is 8.57. The van der Waals surface area contributed by atoms with Crippen LogP contribution in [0.5, 0.6) is 0 Å². The van der Waals surface area contributed by atoms with E-state index in [4.69, 9.17) is 9.47 Å². The number of nitrogens with one attached hydrogen (secondary N) is 1. The summed E-state index contributed by atoms with van der Waals surface area (Å²) in [5.74, 6) is 0.0383. The summed E-state index contributed by atoms with van der Waals surface area (Å²) in [4.78, 5) is 39.1. The van der Waals surface area contributed by atoms with E-state index in [9.17, 15) is 14.4 Å². The third-order valence-electron chi connectivity index (χ3n) is 4.97. The maximum atomic E-state index is 13.1. The van der Waals surface area contributed by atoms with Crippen LogP contribution in [0.2, 0.25) is 0 Å². The van der Waals surface area contributed by atoms with Crippen molar-refractivity contribution in [3.05, 3.63) is 24.0 Å². The number of esters is 1. The van der Waals surface area contributed by atoms with Gasteiger partial charge in [-0.15, -0.1) is 0 Å². The van der Waals surface area contributed by atoms with Crippen molar-refractivity contribution >= 4 is 18.0 Å². The van der Waals surface area contributed by atoms with Crippen LogP contribution >= 0.6 is 0 Å². The average molecular weight is 408 g/mol. The highest BCUT2D eigenvalue weighted by molar-refractivity contribution is 5.88. The van der Waals surface area contributed by atoms with Crippen molar-refractivity contribution in [2.45, 2.75) is 65.1 Å². The van der Waals surface area contributed by atoms with E-state index in [0.29, 0.717) is 37.7 Å². The van der Waals surface area contributed by atoms with E-state index in [1.165, 1.54) is 7.11 Å². The van der Waals surface area contributed by atoms with E-state index < -0.39 is 23.7 Å². The lowest BCUT2D eigenvalue weighted by molar-refractivity contribution is -0.135. The molecule has 0 aromatic carbocycles. The van der Waals surface area contributed by atoms with E-state index in [1.54, 1.807) is 48.6 Å². The van der Waals surface area contributed by atoms with Crippen LogP contribution < -0.4 is 5.32 Å². The number of ether oxygens (including phenoxy) is 2.